The zero-order valence-corrected chi connectivity index (χ0v) is 36.5. The van der Waals surface area contributed by atoms with E-state index in [0.29, 0.717) is 0 Å². The first-order chi connectivity index (χ1) is 24.9. The van der Waals surface area contributed by atoms with Crippen LogP contribution in [-0.4, -0.2) is 18.3 Å². The summed E-state index contributed by atoms with van der Waals surface area (Å²) in [7, 11) is -0.860. The molecule has 0 fully saturated rings. The van der Waals surface area contributed by atoms with Crippen molar-refractivity contribution in [1.29, 1.82) is 0 Å². The molecule has 4 aromatic carbocycles. The first kappa shape index (κ1) is 40.5. The lowest BCUT2D eigenvalue weighted by Crippen LogP contribution is -2.38. The van der Waals surface area contributed by atoms with Crippen molar-refractivity contribution < 1.29 is 0 Å². The lowest BCUT2D eigenvalue weighted by Gasteiger charge is -2.42. The number of rotatable bonds is 16. The third kappa shape index (κ3) is 11.9. The molecule has 0 amide bonds. The molecule has 0 aromatic heterocycles. The smallest absolute Gasteiger partial charge is 0.0652 e. The maximum Gasteiger partial charge on any atom is 0.0652 e. The fourth-order valence-electron chi connectivity index (χ4n) is 7.07. The van der Waals surface area contributed by atoms with Gasteiger partial charge in [-0.3, -0.25) is 0 Å². The van der Waals surface area contributed by atoms with Crippen molar-refractivity contribution in [3.63, 3.8) is 0 Å². The molecular formula is C50H62Si2. The second kappa shape index (κ2) is 19.6. The van der Waals surface area contributed by atoms with E-state index in [0.717, 1.165) is 42.0 Å². The van der Waals surface area contributed by atoms with Crippen LogP contribution in [0, 0.1) is 34.6 Å². The Morgan fingerprint density at radius 3 is 1.79 bits per heavy atom. The van der Waals surface area contributed by atoms with Gasteiger partial charge in [0.2, 0.25) is 0 Å². The molecule has 4 aromatic rings. The van der Waals surface area contributed by atoms with Gasteiger partial charge in [-0.2, -0.15) is 0 Å². The lowest BCUT2D eigenvalue weighted by atomic mass is 9.88. The quantitative estimate of drug-likeness (QED) is 0.0615. The summed E-state index contributed by atoms with van der Waals surface area (Å²) >= 11 is 0. The highest BCUT2D eigenvalue weighted by atomic mass is 28.3. The molecule has 0 heterocycles. The molecule has 1 atom stereocenters. The monoisotopic (exact) mass is 718 g/mol. The summed E-state index contributed by atoms with van der Waals surface area (Å²) in [6.45, 7) is 18.6. The van der Waals surface area contributed by atoms with Gasteiger partial charge in [-0.05, 0) is 105 Å². The molecule has 0 saturated heterocycles. The van der Waals surface area contributed by atoms with Crippen molar-refractivity contribution in [2.24, 2.45) is 0 Å². The summed E-state index contributed by atoms with van der Waals surface area (Å²) in [6, 6.07) is 34.8. The number of hydrogen-bond acceptors (Lipinski definition) is 0. The van der Waals surface area contributed by atoms with Crippen molar-refractivity contribution in [2.75, 3.05) is 0 Å². The number of aryl methyl sites for hydroxylation is 5. The largest absolute Gasteiger partial charge is 0.0875 e. The molecule has 52 heavy (non-hydrogen) atoms. The Kier molecular flexibility index (Phi) is 15.2. The van der Waals surface area contributed by atoms with E-state index in [1.807, 2.05) is 0 Å². The first-order valence-corrected chi connectivity index (χ1v) is 24.1. The van der Waals surface area contributed by atoms with Gasteiger partial charge in [0.05, 0.1) is 8.07 Å². The van der Waals surface area contributed by atoms with Crippen molar-refractivity contribution in [1.82, 2.24) is 0 Å². The van der Waals surface area contributed by atoms with Gasteiger partial charge in [-0.25, -0.2) is 0 Å². The van der Waals surface area contributed by atoms with E-state index in [1.165, 1.54) is 61.2 Å². The molecule has 0 N–H and O–H groups in total. The third-order valence-corrected chi connectivity index (χ3v) is 13.6. The van der Waals surface area contributed by atoms with Crippen molar-refractivity contribution in [3.8, 4) is 0 Å². The summed E-state index contributed by atoms with van der Waals surface area (Å²) in [6.07, 6.45) is 28.2. The van der Waals surface area contributed by atoms with Crippen LogP contribution in [0.5, 0.6) is 0 Å². The molecule has 0 nitrogen and oxygen atoms in total. The van der Waals surface area contributed by atoms with Crippen LogP contribution in [0.2, 0.25) is 30.7 Å². The van der Waals surface area contributed by atoms with Gasteiger partial charge in [0, 0.05) is 15.3 Å². The average molecular weight is 719 g/mol. The molecule has 270 valence electrons. The van der Waals surface area contributed by atoms with E-state index in [9.17, 15) is 0 Å². The van der Waals surface area contributed by atoms with Crippen molar-refractivity contribution >= 4 is 18.3 Å². The average Bonchev–Trinajstić information content (AvgIpc) is 3.09. The second-order valence-electron chi connectivity index (χ2n) is 15.6. The molecule has 0 spiro atoms. The van der Waals surface area contributed by atoms with E-state index in [2.05, 4.69) is 206 Å². The zero-order valence-electron chi connectivity index (χ0n) is 33.5. The van der Waals surface area contributed by atoms with Gasteiger partial charge in [0.15, 0.2) is 0 Å². The van der Waals surface area contributed by atoms with Crippen molar-refractivity contribution in [2.45, 2.75) is 91.0 Å². The highest BCUT2D eigenvalue weighted by Crippen LogP contribution is 2.51. The van der Waals surface area contributed by atoms with Gasteiger partial charge in [-0.15, -0.1) is 0 Å². The molecular weight excluding hydrogens is 657 g/mol. The van der Waals surface area contributed by atoms with Gasteiger partial charge in [-0.1, -0.05) is 194 Å². The fourth-order valence-corrected chi connectivity index (χ4v) is 9.58. The third-order valence-electron chi connectivity index (χ3n) is 10.0. The molecule has 0 bridgehead atoms. The normalized spacial score (nSPS) is 14.4. The van der Waals surface area contributed by atoms with Crippen LogP contribution in [0.25, 0.3) is 0 Å². The summed E-state index contributed by atoms with van der Waals surface area (Å²) < 4.78 is 0. The molecule has 0 aliphatic rings. The Labute approximate surface area is 321 Å². The number of benzene rings is 4. The van der Waals surface area contributed by atoms with Gasteiger partial charge >= 0.3 is 0 Å². The van der Waals surface area contributed by atoms with Gasteiger partial charge in [0.1, 0.15) is 0 Å². The van der Waals surface area contributed by atoms with E-state index in [4.69, 9.17) is 0 Å². The summed E-state index contributed by atoms with van der Waals surface area (Å²) in [5.41, 5.74) is 14.8. The summed E-state index contributed by atoms with van der Waals surface area (Å²) in [5.74, 6) is 0. The lowest BCUT2D eigenvalue weighted by molar-refractivity contribution is 0.941. The summed E-state index contributed by atoms with van der Waals surface area (Å²) in [4.78, 5) is 0. The van der Waals surface area contributed by atoms with Gasteiger partial charge < -0.3 is 0 Å². The molecule has 1 unspecified atom stereocenters. The Balaban J connectivity index is 1.95. The van der Waals surface area contributed by atoms with Crippen molar-refractivity contribution in [3.05, 3.63) is 213 Å². The van der Waals surface area contributed by atoms with E-state index >= 15 is 0 Å². The van der Waals surface area contributed by atoms with E-state index < -0.39 is 8.07 Å². The van der Waals surface area contributed by atoms with Crippen LogP contribution in [-0.2, 0) is 25.7 Å². The topological polar surface area (TPSA) is 0 Å². The number of allylic oxidation sites excluding steroid dienone is 12. The van der Waals surface area contributed by atoms with E-state index in [-0.39, 0.29) is 5.04 Å². The van der Waals surface area contributed by atoms with Gasteiger partial charge in [0.25, 0.3) is 0 Å². The van der Waals surface area contributed by atoms with E-state index in [1.54, 1.807) is 0 Å². The van der Waals surface area contributed by atoms with Crippen LogP contribution in [0.1, 0.15) is 50.1 Å². The maximum atomic E-state index is 2.58. The Bertz CT molecular complexity index is 1920. The minimum absolute atomic E-state index is 0.252. The molecule has 0 radical (unpaired) electrons. The molecule has 0 aliphatic carbocycles. The Morgan fingerprint density at radius 2 is 1.13 bits per heavy atom. The molecule has 4 rings (SSSR count). The summed E-state index contributed by atoms with van der Waals surface area (Å²) in [5, 5.41) is -0.252. The first-order valence-electron chi connectivity index (χ1n) is 19.2. The van der Waals surface area contributed by atoms with Crippen LogP contribution >= 0.6 is 0 Å². The standard InChI is InChI=1S/C50H62Si2/c1-39-28-30-44(31-29-39)19-12-24-48(26-16-34-51)49(27-13-21-46-37-41(3)35-42(4)38-46)50(52(6,7)8,32-14-22-45-20-11-17-40(2)36-45)33-15-25-47-23-10-9-18-43(47)5/h9-18,20,23-24,26-33,35-38H,19,21-22,25,34H2,1-8,51H3. The van der Waals surface area contributed by atoms with Crippen LogP contribution in [0.3, 0.4) is 0 Å². The van der Waals surface area contributed by atoms with Crippen LogP contribution < -0.4 is 0 Å². The van der Waals surface area contributed by atoms with Crippen LogP contribution in [0.4, 0.5) is 0 Å². The minimum Gasteiger partial charge on any atom is -0.0875 e. The Morgan fingerprint density at radius 1 is 0.538 bits per heavy atom. The number of hydrogen-bond donors (Lipinski definition) is 0. The maximum absolute atomic E-state index is 2.58. The predicted octanol–water partition coefficient (Wildman–Crippen LogP) is 12.4. The minimum atomic E-state index is -2.00. The highest BCUT2D eigenvalue weighted by Gasteiger charge is 2.42. The second-order valence-corrected chi connectivity index (χ2v) is 21.8. The highest BCUT2D eigenvalue weighted by molar-refractivity contribution is 6.81. The molecule has 0 aliphatic heterocycles. The predicted molar refractivity (Wildman–Crippen MR) is 238 cm³/mol. The molecule has 2 heteroatoms. The fraction of sp³-hybridized carbons (Fsp3) is 0.280. The Hall–Kier alpha value is -4.25. The van der Waals surface area contributed by atoms with Crippen LogP contribution in [0.15, 0.2) is 163 Å². The molecule has 0 saturated carbocycles. The SMILES string of the molecule is Cc1ccc(CC=CC(C=CC[SiH3])=C(C=CCc2cc(C)cc(C)c2)C(C=CCc2cccc(C)c2)(C=CCc2ccccc2C)[Si](C)(C)C)cc1. The zero-order chi connectivity index (χ0) is 37.6.